The quantitative estimate of drug-likeness (QED) is 0.759. The fourth-order valence-corrected chi connectivity index (χ4v) is 2.54. The number of aryl methyl sites for hydroxylation is 1. The van der Waals surface area contributed by atoms with Crippen molar-refractivity contribution in [1.82, 2.24) is 0 Å². The summed E-state index contributed by atoms with van der Waals surface area (Å²) in [4.78, 5) is 0. The molecule has 0 spiro atoms. The number of para-hydroxylation sites is 1. The molecule has 0 aromatic heterocycles. The van der Waals surface area contributed by atoms with Crippen LogP contribution >= 0.6 is 15.9 Å². The second-order valence-corrected chi connectivity index (χ2v) is 5.58. The molecule has 1 atom stereocenters. The predicted octanol–water partition coefficient (Wildman–Crippen LogP) is 5.57. The predicted molar refractivity (Wildman–Crippen MR) is 86.6 cm³/mol. The summed E-state index contributed by atoms with van der Waals surface area (Å²) in [5.74, 6) is 0. The van der Waals surface area contributed by atoms with Crippen LogP contribution in [0.1, 0.15) is 37.4 Å². The van der Waals surface area contributed by atoms with Crippen LogP contribution in [0.3, 0.4) is 0 Å². The molecule has 0 saturated heterocycles. The van der Waals surface area contributed by atoms with Gasteiger partial charge in [0.05, 0.1) is 6.04 Å². The SMILES string of the molecule is CCc1ccccc1NC(CC)c1ccc(Br)cc1. The zero-order chi connectivity index (χ0) is 13.7. The van der Waals surface area contributed by atoms with Crippen LogP contribution in [0.25, 0.3) is 0 Å². The lowest BCUT2D eigenvalue weighted by atomic mass is 10.0. The summed E-state index contributed by atoms with van der Waals surface area (Å²) in [6.07, 6.45) is 2.12. The minimum absolute atomic E-state index is 0.362. The van der Waals surface area contributed by atoms with E-state index in [1.165, 1.54) is 16.8 Å². The van der Waals surface area contributed by atoms with Crippen molar-refractivity contribution >= 4 is 21.6 Å². The summed E-state index contributed by atoms with van der Waals surface area (Å²) in [6, 6.07) is 17.5. The van der Waals surface area contributed by atoms with Crippen LogP contribution in [0.4, 0.5) is 5.69 Å². The molecule has 2 heteroatoms. The van der Waals surface area contributed by atoms with E-state index in [-0.39, 0.29) is 0 Å². The molecular formula is C17H20BrN. The number of nitrogens with one attached hydrogen (secondary N) is 1. The average molecular weight is 318 g/mol. The Bertz CT molecular complexity index is 519. The normalized spacial score (nSPS) is 12.2. The van der Waals surface area contributed by atoms with Crippen LogP contribution in [0.15, 0.2) is 53.0 Å². The number of anilines is 1. The number of rotatable bonds is 5. The molecule has 1 nitrogen and oxygen atoms in total. The van der Waals surface area contributed by atoms with E-state index in [0.717, 1.165) is 17.3 Å². The van der Waals surface area contributed by atoms with Gasteiger partial charge in [0.1, 0.15) is 0 Å². The number of halogens is 1. The molecule has 2 aromatic rings. The standard InChI is InChI=1S/C17H20BrN/c1-3-13-7-5-6-8-17(13)19-16(4-2)14-9-11-15(18)12-10-14/h5-12,16,19H,3-4H2,1-2H3. The first-order valence-corrected chi connectivity index (χ1v) is 7.63. The maximum atomic E-state index is 3.67. The molecule has 100 valence electrons. The Morgan fingerprint density at radius 3 is 2.32 bits per heavy atom. The maximum Gasteiger partial charge on any atom is 0.0511 e. The molecule has 2 rings (SSSR count). The molecule has 0 fully saturated rings. The molecule has 0 heterocycles. The Labute approximate surface area is 124 Å². The van der Waals surface area contributed by atoms with E-state index in [0.29, 0.717) is 6.04 Å². The topological polar surface area (TPSA) is 12.0 Å². The summed E-state index contributed by atoms with van der Waals surface area (Å²) >= 11 is 3.49. The van der Waals surface area contributed by atoms with E-state index in [1.54, 1.807) is 0 Å². The third-order valence-corrected chi connectivity index (χ3v) is 3.94. The van der Waals surface area contributed by atoms with Crippen LogP contribution in [0.5, 0.6) is 0 Å². The van der Waals surface area contributed by atoms with Crippen molar-refractivity contribution in [3.8, 4) is 0 Å². The molecular weight excluding hydrogens is 298 g/mol. The Hall–Kier alpha value is -1.28. The van der Waals surface area contributed by atoms with Crippen LogP contribution in [-0.4, -0.2) is 0 Å². The van der Waals surface area contributed by atoms with Crippen molar-refractivity contribution in [3.63, 3.8) is 0 Å². The maximum absolute atomic E-state index is 3.67. The van der Waals surface area contributed by atoms with Gasteiger partial charge in [-0.05, 0) is 42.2 Å². The number of benzene rings is 2. The molecule has 0 aliphatic rings. The summed E-state index contributed by atoms with van der Waals surface area (Å²) in [6.45, 7) is 4.41. The molecule has 0 aliphatic carbocycles. The first-order valence-electron chi connectivity index (χ1n) is 6.84. The Morgan fingerprint density at radius 1 is 1.00 bits per heavy atom. The van der Waals surface area contributed by atoms with Crippen molar-refractivity contribution in [2.45, 2.75) is 32.7 Å². The lowest BCUT2D eigenvalue weighted by Crippen LogP contribution is -2.10. The molecule has 0 bridgehead atoms. The zero-order valence-electron chi connectivity index (χ0n) is 11.5. The van der Waals surface area contributed by atoms with E-state index in [1.807, 2.05) is 0 Å². The molecule has 1 unspecified atom stereocenters. The van der Waals surface area contributed by atoms with Crippen LogP contribution in [-0.2, 0) is 6.42 Å². The highest BCUT2D eigenvalue weighted by atomic mass is 79.9. The van der Waals surface area contributed by atoms with Gasteiger partial charge in [-0.1, -0.05) is 60.1 Å². The lowest BCUT2D eigenvalue weighted by Gasteiger charge is -2.21. The summed E-state index contributed by atoms with van der Waals surface area (Å²) in [5.41, 5.74) is 3.95. The first-order chi connectivity index (χ1) is 9.24. The van der Waals surface area contributed by atoms with Crippen molar-refractivity contribution in [2.75, 3.05) is 5.32 Å². The van der Waals surface area contributed by atoms with Crippen molar-refractivity contribution in [3.05, 3.63) is 64.1 Å². The van der Waals surface area contributed by atoms with Crippen molar-refractivity contribution in [2.24, 2.45) is 0 Å². The first kappa shape index (κ1) is 14.1. The van der Waals surface area contributed by atoms with Gasteiger partial charge in [0.25, 0.3) is 0 Å². The second-order valence-electron chi connectivity index (χ2n) is 4.67. The summed E-state index contributed by atoms with van der Waals surface area (Å²) in [7, 11) is 0. The lowest BCUT2D eigenvalue weighted by molar-refractivity contribution is 0.747. The highest BCUT2D eigenvalue weighted by molar-refractivity contribution is 9.10. The number of hydrogen-bond acceptors (Lipinski definition) is 1. The molecule has 0 radical (unpaired) electrons. The van der Waals surface area contributed by atoms with Gasteiger partial charge < -0.3 is 5.32 Å². The molecule has 0 saturated carbocycles. The number of hydrogen-bond donors (Lipinski definition) is 1. The van der Waals surface area contributed by atoms with Gasteiger partial charge in [-0.15, -0.1) is 0 Å². The fraction of sp³-hybridized carbons (Fsp3) is 0.294. The van der Waals surface area contributed by atoms with Gasteiger partial charge in [-0.25, -0.2) is 0 Å². The monoisotopic (exact) mass is 317 g/mol. The van der Waals surface area contributed by atoms with Crippen LogP contribution in [0, 0.1) is 0 Å². The molecule has 2 aromatic carbocycles. The highest BCUT2D eigenvalue weighted by Crippen LogP contribution is 2.26. The van der Waals surface area contributed by atoms with E-state index < -0.39 is 0 Å². The molecule has 1 N–H and O–H groups in total. The van der Waals surface area contributed by atoms with Crippen molar-refractivity contribution < 1.29 is 0 Å². The van der Waals surface area contributed by atoms with Gasteiger partial charge in [0, 0.05) is 10.2 Å². The largest absolute Gasteiger partial charge is 0.378 e. The van der Waals surface area contributed by atoms with E-state index >= 15 is 0 Å². The van der Waals surface area contributed by atoms with E-state index in [4.69, 9.17) is 0 Å². The molecule has 19 heavy (non-hydrogen) atoms. The third kappa shape index (κ3) is 3.60. The minimum atomic E-state index is 0.362. The minimum Gasteiger partial charge on any atom is -0.378 e. The van der Waals surface area contributed by atoms with Crippen molar-refractivity contribution in [1.29, 1.82) is 0 Å². The Kier molecular flexibility index (Phi) is 5.03. The van der Waals surface area contributed by atoms with Gasteiger partial charge >= 0.3 is 0 Å². The summed E-state index contributed by atoms with van der Waals surface area (Å²) in [5, 5.41) is 3.67. The molecule has 0 aliphatic heterocycles. The van der Waals surface area contributed by atoms with E-state index in [2.05, 4.69) is 83.6 Å². The highest BCUT2D eigenvalue weighted by Gasteiger charge is 2.10. The Balaban J connectivity index is 2.21. The Morgan fingerprint density at radius 2 is 1.68 bits per heavy atom. The van der Waals surface area contributed by atoms with E-state index in [9.17, 15) is 0 Å². The van der Waals surface area contributed by atoms with Crippen LogP contribution < -0.4 is 5.32 Å². The average Bonchev–Trinajstić information content (AvgIpc) is 2.46. The second kappa shape index (κ2) is 6.76. The van der Waals surface area contributed by atoms with Gasteiger partial charge in [0.2, 0.25) is 0 Å². The van der Waals surface area contributed by atoms with Gasteiger partial charge in [-0.3, -0.25) is 0 Å². The summed E-state index contributed by atoms with van der Waals surface area (Å²) < 4.78 is 1.13. The zero-order valence-corrected chi connectivity index (χ0v) is 13.1. The molecule has 0 amide bonds. The third-order valence-electron chi connectivity index (χ3n) is 3.41. The van der Waals surface area contributed by atoms with Gasteiger partial charge in [-0.2, -0.15) is 0 Å². The van der Waals surface area contributed by atoms with Gasteiger partial charge in [0.15, 0.2) is 0 Å². The smallest absolute Gasteiger partial charge is 0.0511 e. The van der Waals surface area contributed by atoms with Crippen LogP contribution in [0.2, 0.25) is 0 Å². The fourth-order valence-electron chi connectivity index (χ4n) is 2.27.